The molecule has 0 aliphatic rings. The molecule has 2 rings (SSSR count). The summed E-state index contributed by atoms with van der Waals surface area (Å²) in [5.41, 5.74) is 5.12. The van der Waals surface area contributed by atoms with Gasteiger partial charge in [0.25, 0.3) is 11.6 Å². The van der Waals surface area contributed by atoms with Crippen LogP contribution < -0.4 is 11.1 Å². The van der Waals surface area contributed by atoms with E-state index in [9.17, 15) is 19.3 Å². The predicted molar refractivity (Wildman–Crippen MR) is 69.7 cm³/mol. The van der Waals surface area contributed by atoms with E-state index in [2.05, 4.69) is 10.3 Å². The third kappa shape index (κ3) is 3.05. The van der Waals surface area contributed by atoms with Crippen molar-refractivity contribution in [2.24, 2.45) is 0 Å². The van der Waals surface area contributed by atoms with Crippen molar-refractivity contribution in [2.75, 3.05) is 11.1 Å². The number of nitro groups is 1. The van der Waals surface area contributed by atoms with E-state index in [-0.39, 0.29) is 17.1 Å². The number of rotatable bonds is 3. The average molecular weight is 276 g/mol. The smallest absolute Gasteiger partial charge is 0.274 e. The quantitative estimate of drug-likeness (QED) is 0.657. The Morgan fingerprint density at radius 2 is 2.10 bits per heavy atom. The first kappa shape index (κ1) is 13.4. The zero-order valence-corrected chi connectivity index (χ0v) is 10.0. The number of halogens is 1. The highest BCUT2D eigenvalue weighted by Crippen LogP contribution is 2.20. The third-order valence-corrected chi connectivity index (χ3v) is 2.40. The van der Waals surface area contributed by atoms with Crippen LogP contribution in [0.1, 0.15) is 10.4 Å². The van der Waals surface area contributed by atoms with E-state index in [4.69, 9.17) is 5.73 Å². The monoisotopic (exact) mass is 276 g/mol. The lowest BCUT2D eigenvalue weighted by molar-refractivity contribution is -0.385. The SMILES string of the molecule is Nc1ccc(C(=O)Nc2cc(F)cc([N+](=O)[O-])c2)cn1. The number of nitrogens with two attached hydrogens (primary N) is 1. The molecule has 0 saturated carbocycles. The van der Waals surface area contributed by atoms with Gasteiger partial charge in [-0.15, -0.1) is 0 Å². The van der Waals surface area contributed by atoms with Crippen molar-refractivity contribution >= 4 is 23.1 Å². The minimum absolute atomic E-state index is 0.0153. The number of anilines is 2. The molecule has 20 heavy (non-hydrogen) atoms. The predicted octanol–water partition coefficient (Wildman–Crippen LogP) is 1.96. The number of carbonyl (C=O) groups excluding carboxylic acids is 1. The summed E-state index contributed by atoms with van der Waals surface area (Å²) in [4.78, 5) is 25.4. The fourth-order valence-electron chi connectivity index (χ4n) is 1.49. The molecule has 0 aliphatic carbocycles. The molecule has 0 radical (unpaired) electrons. The minimum Gasteiger partial charge on any atom is -0.384 e. The van der Waals surface area contributed by atoms with E-state index in [1.165, 1.54) is 18.3 Å². The topological polar surface area (TPSA) is 111 Å². The number of nitrogen functional groups attached to an aromatic ring is 1. The number of carbonyl (C=O) groups is 1. The Morgan fingerprint density at radius 3 is 2.70 bits per heavy atom. The van der Waals surface area contributed by atoms with Crippen LogP contribution in [-0.4, -0.2) is 15.8 Å². The standard InChI is InChI=1S/C12H9FN4O3/c13-8-3-9(5-10(4-8)17(19)20)16-12(18)7-1-2-11(14)15-6-7/h1-6H,(H2,14,15)(H,16,18). The molecule has 3 N–H and O–H groups in total. The largest absolute Gasteiger partial charge is 0.384 e. The molecule has 0 aliphatic heterocycles. The number of hydrogen-bond donors (Lipinski definition) is 2. The first-order valence-corrected chi connectivity index (χ1v) is 5.43. The number of hydrogen-bond acceptors (Lipinski definition) is 5. The van der Waals surface area contributed by atoms with Crippen molar-refractivity contribution in [1.29, 1.82) is 0 Å². The van der Waals surface area contributed by atoms with Gasteiger partial charge in [0, 0.05) is 12.3 Å². The highest BCUT2D eigenvalue weighted by atomic mass is 19.1. The molecule has 8 heteroatoms. The molecule has 1 amide bonds. The zero-order valence-electron chi connectivity index (χ0n) is 10.0. The molecular weight excluding hydrogens is 267 g/mol. The lowest BCUT2D eigenvalue weighted by Crippen LogP contribution is -2.12. The first-order valence-electron chi connectivity index (χ1n) is 5.43. The highest BCUT2D eigenvalue weighted by Gasteiger charge is 2.12. The molecule has 0 bridgehead atoms. The van der Waals surface area contributed by atoms with Crippen LogP contribution in [0.25, 0.3) is 0 Å². The Balaban J connectivity index is 2.23. The number of nitrogens with one attached hydrogen (secondary N) is 1. The summed E-state index contributed by atoms with van der Waals surface area (Å²) in [7, 11) is 0. The second kappa shape index (κ2) is 5.31. The van der Waals surface area contributed by atoms with Crippen molar-refractivity contribution in [1.82, 2.24) is 4.98 Å². The van der Waals surface area contributed by atoms with Crippen LogP contribution in [-0.2, 0) is 0 Å². The Morgan fingerprint density at radius 1 is 1.35 bits per heavy atom. The van der Waals surface area contributed by atoms with Gasteiger partial charge in [0.15, 0.2) is 0 Å². The molecule has 7 nitrogen and oxygen atoms in total. The Hall–Kier alpha value is -3.03. The van der Waals surface area contributed by atoms with Gasteiger partial charge in [0.05, 0.1) is 22.2 Å². The normalized spacial score (nSPS) is 10.1. The van der Waals surface area contributed by atoms with Crippen molar-refractivity contribution < 1.29 is 14.1 Å². The van der Waals surface area contributed by atoms with Crippen LogP contribution in [0, 0.1) is 15.9 Å². The average Bonchev–Trinajstić information content (AvgIpc) is 2.38. The molecule has 1 heterocycles. The fraction of sp³-hybridized carbons (Fsp3) is 0. The number of benzene rings is 1. The van der Waals surface area contributed by atoms with Crippen LogP contribution in [0.15, 0.2) is 36.5 Å². The molecule has 0 saturated heterocycles. The highest BCUT2D eigenvalue weighted by molar-refractivity contribution is 6.04. The van der Waals surface area contributed by atoms with Gasteiger partial charge in [-0.25, -0.2) is 9.37 Å². The Labute approximate surface area is 112 Å². The van der Waals surface area contributed by atoms with Crippen LogP contribution in [0.4, 0.5) is 21.6 Å². The summed E-state index contributed by atoms with van der Waals surface area (Å²) < 4.78 is 13.2. The van der Waals surface area contributed by atoms with Crippen molar-refractivity contribution in [3.63, 3.8) is 0 Å². The third-order valence-electron chi connectivity index (χ3n) is 2.40. The van der Waals surface area contributed by atoms with Crippen molar-refractivity contribution in [2.45, 2.75) is 0 Å². The van der Waals surface area contributed by atoms with Crippen LogP contribution in [0.3, 0.4) is 0 Å². The number of nitro benzene ring substituents is 1. The number of pyridine rings is 1. The molecular formula is C12H9FN4O3. The second-order valence-corrected chi connectivity index (χ2v) is 3.88. The number of aromatic nitrogens is 1. The molecule has 102 valence electrons. The summed E-state index contributed by atoms with van der Waals surface area (Å²) in [6.45, 7) is 0. The van der Waals surface area contributed by atoms with Crippen molar-refractivity contribution in [3.05, 3.63) is 58.0 Å². The van der Waals surface area contributed by atoms with Crippen LogP contribution in [0.2, 0.25) is 0 Å². The number of nitrogens with zero attached hydrogens (tertiary/aromatic N) is 2. The van der Waals surface area contributed by atoms with E-state index in [1.54, 1.807) is 0 Å². The van der Waals surface area contributed by atoms with E-state index in [0.717, 1.165) is 18.2 Å². The fourth-order valence-corrected chi connectivity index (χ4v) is 1.49. The maximum absolute atomic E-state index is 13.2. The Bertz CT molecular complexity index is 673. The summed E-state index contributed by atoms with van der Waals surface area (Å²) in [5.74, 6) is -1.13. The lowest BCUT2D eigenvalue weighted by atomic mass is 10.2. The first-order chi connectivity index (χ1) is 9.45. The van der Waals surface area contributed by atoms with Gasteiger partial charge in [0.2, 0.25) is 0 Å². The van der Waals surface area contributed by atoms with Gasteiger partial charge in [-0.05, 0) is 18.2 Å². The number of amides is 1. The maximum atomic E-state index is 13.2. The van der Waals surface area contributed by atoms with Gasteiger partial charge in [0.1, 0.15) is 11.6 Å². The van der Waals surface area contributed by atoms with Gasteiger partial charge in [-0.2, -0.15) is 0 Å². The van der Waals surface area contributed by atoms with E-state index in [0.29, 0.717) is 0 Å². The molecule has 2 aromatic rings. The molecule has 1 aromatic carbocycles. The molecule has 0 fully saturated rings. The summed E-state index contributed by atoms with van der Waals surface area (Å²) in [6, 6.07) is 5.68. The Kier molecular flexibility index (Phi) is 3.56. The lowest BCUT2D eigenvalue weighted by Gasteiger charge is -2.05. The van der Waals surface area contributed by atoms with Gasteiger partial charge in [-0.1, -0.05) is 0 Å². The van der Waals surface area contributed by atoms with Crippen molar-refractivity contribution in [3.8, 4) is 0 Å². The summed E-state index contributed by atoms with van der Waals surface area (Å²) >= 11 is 0. The molecule has 1 aromatic heterocycles. The second-order valence-electron chi connectivity index (χ2n) is 3.88. The van der Waals surface area contributed by atoms with E-state index in [1.807, 2.05) is 0 Å². The molecule has 0 atom stereocenters. The zero-order chi connectivity index (χ0) is 14.7. The van der Waals surface area contributed by atoms with Gasteiger partial charge >= 0.3 is 0 Å². The molecule has 0 unspecified atom stereocenters. The molecule has 0 spiro atoms. The van der Waals surface area contributed by atoms with Gasteiger partial charge in [-0.3, -0.25) is 14.9 Å². The summed E-state index contributed by atoms with van der Waals surface area (Å²) in [6.07, 6.45) is 1.25. The minimum atomic E-state index is -0.815. The number of non-ortho nitro benzene ring substituents is 1. The summed E-state index contributed by atoms with van der Waals surface area (Å²) in [5, 5.41) is 13.0. The van der Waals surface area contributed by atoms with Crippen LogP contribution >= 0.6 is 0 Å². The van der Waals surface area contributed by atoms with E-state index >= 15 is 0 Å². The van der Waals surface area contributed by atoms with E-state index < -0.39 is 22.3 Å². The van der Waals surface area contributed by atoms with Gasteiger partial charge < -0.3 is 11.1 Å². The maximum Gasteiger partial charge on any atom is 0.274 e. The van der Waals surface area contributed by atoms with Crippen LogP contribution in [0.5, 0.6) is 0 Å².